The number of morpholine rings is 1. The first-order valence-corrected chi connectivity index (χ1v) is 7.67. The van der Waals surface area contributed by atoms with E-state index < -0.39 is 5.54 Å². The molecule has 1 unspecified atom stereocenters. The molecule has 1 amide bonds. The molecule has 1 aliphatic carbocycles. The van der Waals surface area contributed by atoms with Crippen LogP contribution in [0.15, 0.2) is 0 Å². The van der Waals surface area contributed by atoms with Crippen LogP contribution >= 0.6 is 0 Å². The summed E-state index contributed by atoms with van der Waals surface area (Å²) in [4.78, 5) is 18.9. The Kier molecular flexibility index (Phi) is 3.95. The van der Waals surface area contributed by atoms with Gasteiger partial charge in [-0.2, -0.15) is 5.10 Å². The van der Waals surface area contributed by atoms with Crippen LogP contribution < -0.4 is 5.73 Å². The van der Waals surface area contributed by atoms with Crippen molar-refractivity contribution in [2.24, 2.45) is 5.73 Å². The highest BCUT2D eigenvalue weighted by Gasteiger charge is 2.40. The Morgan fingerprint density at radius 1 is 1.43 bits per heavy atom. The Morgan fingerprint density at radius 3 is 2.86 bits per heavy atom. The van der Waals surface area contributed by atoms with Crippen LogP contribution in [0.5, 0.6) is 0 Å². The molecule has 0 spiro atoms. The van der Waals surface area contributed by atoms with E-state index in [9.17, 15) is 4.79 Å². The van der Waals surface area contributed by atoms with Crippen LogP contribution in [-0.4, -0.2) is 51.2 Å². The number of aryl methyl sites for hydroxylation is 1. The zero-order valence-corrected chi connectivity index (χ0v) is 12.5. The van der Waals surface area contributed by atoms with Crippen LogP contribution in [-0.2, 0) is 9.53 Å². The average Bonchev–Trinajstić information content (AvgIpc) is 2.94. The van der Waals surface area contributed by atoms with Gasteiger partial charge in [-0.05, 0) is 19.8 Å². The summed E-state index contributed by atoms with van der Waals surface area (Å²) in [6.45, 7) is 3.42. The molecule has 7 heteroatoms. The molecule has 0 aromatic carbocycles. The summed E-state index contributed by atoms with van der Waals surface area (Å²) in [5.41, 5.74) is 5.67. The molecule has 1 saturated heterocycles. The van der Waals surface area contributed by atoms with E-state index in [2.05, 4.69) is 15.2 Å². The quantitative estimate of drug-likeness (QED) is 0.835. The molecule has 1 saturated carbocycles. The SMILES string of the molecule is Cc1nc(C2CN(C(=O)C3(N)CCCCC3)CCO2)n[nH]1. The minimum absolute atomic E-state index is 0.0581. The smallest absolute Gasteiger partial charge is 0.242 e. The highest BCUT2D eigenvalue weighted by Crippen LogP contribution is 2.29. The molecule has 0 radical (unpaired) electrons. The number of aromatic nitrogens is 3. The van der Waals surface area contributed by atoms with Crippen molar-refractivity contribution >= 4 is 5.91 Å². The number of nitrogens with two attached hydrogens (primary N) is 1. The van der Waals surface area contributed by atoms with Gasteiger partial charge in [0.15, 0.2) is 5.82 Å². The van der Waals surface area contributed by atoms with Gasteiger partial charge < -0.3 is 15.4 Å². The van der Waals surface area contributed by atoms with Gasteiger partial charge in [0, 0.05) is 6.54 Å². The van der Waals surface area contributed by atoms with Gasteiger partial charge in [0.05, 0.1) is 18.7 Å². The third-order valence-corrected chi connectivity index (χ3v) is 4.43. The van der Waals surface area contributed by atoms with Crippen molar-refractivity contribution in [1.82, 2.24) is 20.1 Å². The van der Waals surface area contributed by atoms with E-state index in [1.165, 1.54) is 6.42 Å². The Balaban J connectivity index is 1.69. The molecule has 1 aromatic heterocycles. The monoisotopic (exact) mass is 293 g/mol. The first kappa shape index (κ1) is 14.5. The molecule has 21 heavy (non-hydrogen) atoms. The van der Waals surface area contributed by atoms with Crippen LogP contribution in [0.3, 0.4) is 0 Å². The molecule has 116 valence electrons. The maximum absolute atomic E-state index is 12.8. The maximum Gasteiger partial charge on any atom is 0.242 e. The molecule has 1 atom stereocenters. The van der Waals surface area contributed by atoms with Gasteiger partial charge in [-0.1, -0.05) is 19.3 Å². The zero-order valence-electron chi connectivity index (χ0n) is 12.5. The number of ether oxygens (including phenoxy) is 1. The second kappa shape index (κ2) is 5.73. The highest BCUT2D eigenvalue weighted by molar-refractivity contribution is 5.86. The minimum Gasteiger partial charge on any atom is -0.366 e. The number of carbonyl (C=O) groups is 1. The van der Waals surface area contributed by atoms with E-state index in [0.29, 0.717) is 25.5 Å². The van der Waals surface area contributed by atoms with E-state index in [1.54, 1.807) is 0 Å². The highest BCUT2D eigenvalue weighted by atomic mass is 16.5. The number of hydrogen-bond donors (Lipinski definition) is 2. The Labute approximate surface area is 124 Å². The largest absolute Gasteiger partial charge is 0.366 e. The lowest BCUT2D eigenvalue weighted by Crippen LogP contribution is -2.58. The van der Waals surface area contributed by atoms with Crippen molar-refractivity contribution in [3.63, 3.8) is 0 Å². The molecule has 3 rings (SSSR count). The maximum atomic E-state index is 12.8. The third kappa shape index (κ3) is 2.94. The van der Waals surface area contributed by atoms with Crippen molar-refractivity contribution in [1.29, 1.82) is 0 Å². The van der Waals surface area contributed by atoms with Gasteiger partial charge in [-0.15, -0.1) is 0 Å². The number of nitrogens with one attached hydrogen (secondary N) is 1. The van der Waals surface area contributed by atoms with Gasteiger partial charge in [0.1, 0.15) is 11.9 Å². The second-order valence-corrected chi connectivity index (χ2v) is 6.11. The fourth-order valence-electron chi connectivity index (χ4n) is 3.21. The lowest BCUT2D eigenvalue weighted by molar-refractivity contribution is -0.146. The van der Waals surface area contributed by atoms with Crippen molar-refractivity contribution < 1.29 is 9.53 Å². The van der Waals surface area contributed by atoms with Crippen LogP contribution in [0.2, 0.25) is 0 Å². The average molecular weight is 293 g/mol. The summed E-state index contributed by atoms with van der Waals surface area (Å²) < 4.78 is 5.70. The molecular formula is C14H23N5O2. The van der Waals surface area contributed by atoms with Gasteiger partial charge in [0.25, 0.3) is 0 Å². The molecule has 7 nitrogen and oxygen atoms in total. The summed E-state index contributed by atoms with van der Waals surface area (Å²) in [6.07, 6.45) is 4.56. The van der Waals surface area contributed by atoms with Gasteiger partial charge >= 0.3 is 0 Å². The topological polar surface area (TPSA) is 97.1 Å². The fourth-order valence-corrected chi connectivity index (χ4v) is 3.21. The van der Waals surface area contributed by atoms with E-state index in [0.717, 1.165) is 31.5 Å². The lowest BCUT2D eigenvalue weighted by Gasteiger charge is -2.39. The van der Waals surface area contributed by atoms with Crippen molar-refractivity contribution in [2.45, 2.75) is 50.7 Å². The third-order valence-electron chi connectivity index (χ3n) is 4.43. The number of nitrogens with zero attached hydrogens (tertiary/aromatic N) is 3. The predicted molar refractivity (Wildman–Crippen MR) is 76.4 cm³/mol. The first-order chi connectivity index (χ1) is 10.1. The normalized spacial score (nSPS) is 25.8. The summed E-state index contributed by atoms with van der Waals surface area (Å²) in [5, 5.41) is 6.94. The molecule has 1 aliphatic heterocycles. The van der Waals surface area contributed by atoms with Crippen molar-refractivity contribution in [3.05, 3.63) is 11.6 Å². The van der Waals surface area contributed by atoms with Gasteiger partial charge in [0.2, 0.25) is 5.91 Å². The first-order valence-electron chi connectivity index (χ1n) is 7.67. The molecule has 1 aromatic rings. The van der Waals surface area contributed by atoms with Crippen LogP contribution in [0.4, 0.5) is 0 Å². The minimum atomic E-state index is -0.685. The summed E-state index contributed by atoms with van der Waals surface area (Å²) in [6, 6.07) is 0. The zero-order chi connectivity index (χ0) is 14.9. The lowest BCUT2D eigenvalue weighted by atomic mass is 9.81. The molecular weight excluding hydrogens is 270 g/mol. The number of aromatic amines is 1. The van der Waals surface area contributed by atoms with Crippen LogP contribution in [0.1, 0.15) is 49.9 Å². The molecule has 2 aliphatic rings. The summed E-state index contributed by atoms with van der Waals surface area (Å²) in [5.74, 6) is 1.42. The van der Waals surface area contributed by atoms with Gasteiger partial charge in [-0.3, -0.25) is 9.89 Å². The number of carbonyl (C=O) groups excluding carboxylic acids is 1. The van der Waals surface area contributed by atoms with E-state index in [-0.39, 0.29) is 12.0 Å². The van der Waals surface area contributed by atoms with E-state index >= 15 is 0 Å². The Morgan fingerprint density at radius 2 is 2.19 bits per heavy atom. The Hall–Kier alpha value is -1.47. The molecule has 0 bridgehead atoms. The van der Waals surface area contributed by atoms with Crippen LogP contribution in [0.25, 0.3) is 0 Å². The standard InChI is InChI=1S/C14H23N5O2/c1-10-16-12(18-17-10)11-9-19(7-8-21-11)13(20)14(15)5-3-2-4-6-14/h11H,2-9,15H2,1H3,(H,16,17,18). The summed E-state index contributed by atoms with van der Waals surface area (Å²) in [7, 11) is 0. The van der Waals surface area contributed by atoms with E-state index in [4.69, 9.17) is 10.5 Å². The number of rotatable bonds is 2. The Bertz CT molecular complexity index is 509. The second-order valence-electron chi connectivity index (χ2n) is 6.11. The molecule has 2 heterocycles. The number of hydrogen-bond acceptors (Lipinski definition) is 5. The van der Waals surface area contributed by atoms with Crippen molar-refractivity contribution in [3.8, 4) is 0 Å². The molecule has 3 N–H and O–H groups in total. The number of H-pyrrole nitrogens is 1. The number of amides is 1. The van der Waals surface area contributed by atoms with E-state index in [1.807, 2.05) is 11.8 Å². The fraction of sp³-hybridized carbons (Fsp3) is 0.786. The molecule has 2 fully saturated rings. The summed E-state index contributed by atoms with van der Waals surface area (Å²) >= 11 is 0. The predicted octanol–water partition coefficient (Wildman–Crippen LogP) is 0.675. The van der Waals surface area contributed by atoms with Crippen LogP contribution in [0, 0.1) is 6.92 Å². The van der Waals surface area contributed by atoms with Crippen molar-refractivity contribution in [2.75, 3.05) is 19.7 Å². The van der Waals surface area contributed by atoms with Gasteiger partial charge in [-0.25, -0.2) is 4.98 Å².